The minimum Gasteiger partial charge on any atom is -0.438 e. The normalized spacial score (nSPS) is 10.5. The van der Waals surface area contributed by atoms with E-state index in [9.17, 15) is 0 Å². The first-order chi connectivity index (χ1) is 9.11. The van der Waals surface area contributed by atoms with E-state index >= 15 is 0 Å². The second-order valence-corrected chi connectivity index (χ2v) is 5.22. The number of hydrogen-bond donors (Lipinski definition) is 1. The van der Waals surface area contributed by atoms with Crippen molar-refractivity contribution < 1.29 is 4.74 Å². The predicted octanol–water partition coefficient (Wildman–Crippen LogP) is 3.87. The molecular weight excluding hydrogens is 306 g/mol. The molecule has 1 heterocycles. The SMILES string of the molecule is CCCc1c(N)ncnc1Oc1ccc(Br)cc1C. The van der Waals surface area contributed by atoms with Crippen molar-refractivity contribution in [2.24, 2.45) is 0 Å². The van der Waals surface area contributed by atoms with Crippen LogP contribution in [-0.2, 0) is 6.42 Å². The Morgan fingerprint density at radius 1 is 1.32 bits per heavy atom. The molecule has 1 aromatic heterocycles. The van der Waals surface area contributed by atoms with E-state index in [4.69, 9.17) is 10.5 Å². The van der Waals surface area contributed by atoms with Gasteiger partial charge in [-0.15, -0.1) is 0 Å². The average Bonchev–Trinajstić information content (AvgIpc) is 2.37. The molecule has 0 aliphatic rings. The van der Waals surface area contributed by atoms with Crippen molar-refractivity contribution in [2.75, 3.05) is 5.73 Å². The molecule has 0 saturated carbocycles. The largest absolute Gasteiger partial charge is 0.438 e. The topological polar surface area (TPSA) is 61.0 Å². The molecule has 0 atom stereocenters. The summed E-state index contributed by atoms with van der Waals surface area (Å²) in [5.74, 6) is 1.81. The van der Waals surface area contributed by atoms with Crippen molar-refractivity contribution in [3.63, 3.8) is 0 Å². The summed E-state index contributed by atoms with van der Waals surface area (Å²) in [4.78, 5) is 8.21. The van der Waals surface area contributed by atoms with Crippen molar-refractivity contribution in [1.82, 2.24) is 9.97 Å². The number of rotatable bonds is 4. The van der Waals surface area contributed by atoms with Crippen LogP contribution >= 0.6 is 15.9 Å². The zero-order chi connectivity index (χ0) is 13.8. The van der Waals surface area contributed by atoms with Gasteiger partial charge in [0.25, 0.3) is 0 Å². The van der Waals surface area contributed by atoms with Crippen molar-refractivity contribution in [3.8, 4) is 11.6 Å². The predicted molar refractivity (Wildman–Crippen MR) is 79.4 cm³/mol. The number of nitrogens with zero attached hydrogens (tertiary/aromatic N) is 2. The van der Waals surface area contributed by atoms with Crippen molar-refractivity contribution in [3.05, 3.63) is 40.1 Å². The van der Waals surface area contributed by atoms with Crippen LogP contribution in [0.2, 0.25) is 0 Å². The number of nitrogens with two attached hydrogens (primary N) is 1. The molecule has 2 N–H and O–H groups in total. The summed E-state index contributed by atoms with van der Waals surface area (Å²) in [6.45, 7) is 4.07. The fourth-order valence-corrected chi connectivity index (χ4v) is 2.29. The molecule has 0 aliphatic carbocycles. The van der Waals surface area contributed by atoms with Gasteiger partial charge < -0.3 is 10.5 Å². The molecule has 1 aromatic carbocycles. The van der Waals surface area contributed by atoms with Gasteiger partial charge in [-0.2, -0.15) is 0 Å². The van der Waals surface area contributed by atoms with E-state index in [2.05, 4.69) is 32.8 Å². The highest BCUT2D eigenvalue weighted by molar-refractivity contribution is 9.10. The maximum absolute atomic E-state index is 5.88. The van der Waals surface area contributed by atoms with Gasteiger partial charge in [-0.05, 0) is 37.1 Å². The van der Waals surface area contributed by atoms with Crippen LogP contribution < -0.4 is 10.5 Å². The van der Waals surface area contributed by atoms with E-state index in [0.29, 0.717) is 11.7 Å². The van der Waals surface area contributed by atoms with Crippen LogP contribution in [0.5, 0.6) is 11.6 Å². The zero-order valence-corrected chi connectivity index (χ0v) is 12.6. The molecule has 0 unspecified atom stereocenters. The van der Waals surface area contributed by atoms with Gasteiger partial charge in [0.05, 0.1) is 5.56 Å². The highest BCUT2D eigenvalue weighted by Gasteiger charge is 2.11. The van der Waals surface area contributed by atoms with Gasteiger partial charge in [0, 0.05) is 4.47 Å². The summed E-state index contributed by atoms with van der Waals surface area (Å²) in [5.41, 5.74) is 7.79. The first kappa shape index (κ1) is 13.8. The summed E-state index contributed by atoms with van der Waals surface area (Å²) in [7, 11) is 0. The fourth-order valence-electron chi connectivity index (χ4n) is 1.81. The minimum absolute atomic E-state index is 0.488. The molecule has 4 nitrogen and oxygen atoms in total. The molecule has 0 fully saturated rings. The summed E-state index contributed by atoms with van der Waals surface area (Å²) in [6, 6.07) is 5.85. The van der Waals surface area contributed by atoms with E-state index in [1.807, 2.05) is 25.1 Å². The maximum Gasteiger partial charge on any atom is 0.227 e. The number of halogens is 1. The molecule has 0 saturated heterocycles. The van der Waals surface area contributed by atoms with Crippen LogP contribution in [0.3, 0.4) is 0 Å². The Bertz CT molecular complexity index is 587. The molecule has 2 aromatic rings. The lowest BCUT2D eigenvalue weighted by atomic mass is 10.1. The minimum atomic E-state index is 0.488. The zero-order valence-electron chi connectivity index (χ0n) is 11.0. The summed E-state index contributed by atoms with van der Waals surface area (Å²) < 4.78 is 6.90. The lowest BCUT2D eigenvalue weighted by Gasteiger charge is -2.12. The van der Waals surface area contributed by atoms with Gasteiger partial charge in [0.1, 0.15) is 17.9 Å². The Morgan fingerprint density at radius 2 is 2.11 bits per heavy atom. The molecule has 100 valence electrons. The lowest BCUT2D eigenvalue weighted by molar-refractivity contribution is 0.451. The molecule has 0 amide bonds. The summed E-state index contributed by atoms with van der Waals surface area (Å²) >= 11 is 3.43. The van der Waals surface area contributed by atoms with Gasteiger partial charge in [-0.3, -0.25) is 0 Å². The van der Waals surface area contributed by atoms with Crippen LogP contribution in [0.1, 0.15) is 24.5 Å². The van der Waals surface area contributed by atoms with Crippen molar-refractivity contribution >= 4 is 21.7 Å². The Morgan fingerprint density at radius 3 is 2.79 bits per heavy atom. The van der Waals surface area contributed by atoms with E-state index in [1.54, 1.807) is 0 Å². The quantitative estimate of drug-likeness (QED) is 0.928. The number of hydrogen-bond acceptors (Lipinski definition) is 4. The van der Waals surface area contributed by atoms with Crippen LogP contribution in [0, 0.1) is 6.92 Å². The van der Waals surface area contributed by atoms with Gasteiger partial charge >= 0.3 is 0 Å². The Balaban J connectivity index is 2.35. The first-order valence-corrected chi connectivity index (χ1v) is 6.94. The second kappa shape index (κ2) is 6.02. The molecule has 2 rings (SSSR count). The van der Waals surface area contributed by atoms with E-state index in [1.165, 1.54) is 6.33 Å². The van der Waals surface area contributed by atoms with Crippen LogP contribution in [0.25, 0.3) is 0 Å². The molecule has 0 spiro atoms. The first-order valence-electron chi connectivity index (χ1n) is 6.15. The third-order valence-corrected chi connectivity index (χ3v) is 3.28. The highest BCUT2D eigenvalue weighted by atomic mass is 79.9. The summed E-state index contributed by atoms with van der Waals surface area (Å²) in [6.07, 6.45) is 3.20. The number of nitrogen functional groups attached to an aromatic ring is 1. The Kier molecular flexibility index (Phi) is 4.37. The molecule has 0 bridgehead atoms. The lowest BCUT2D eigenvalue weighted by Crippen LogP contribution is -2.03. The smallest absolute Gasteiger partial charge is 0.227 e. The maximum atomic E-state index is 5.88. The van der Waals surface area contributed by atoms with Gasteiger partial charge in [0.15, 0.2) is 0 Å². The Hall–Kier alpha value is -1.62. The van der Waals surface area contributed by atoms with Crippen LogP contribution in [0.4, 0.5) is 5.82 Å². The third-order valence-electron chi connectivity index (χ3n) is 2.78. The van der Waals surface area contributed by atoms with Gasteiger partial charge in [-0.25, -0.2) is 9.97 Å². The number of aryl methyl sites for hydroxylation is 1. The summed E-state index contributed by atoms with van der Waals surface area (Å²) in [5, 5.41) is 0. The number of anilines is 1. The average molecular weight is 322 g/mol. The Labute approximate surface area is 121 Å². The fraction of sp³-hybridized carbons (Fsp3) is 0.286. The number of ether oxygens (including phenoxy) is 1. The highest BCUT2D eigenvalue weighted by Crippen LogP contribution is 2.30. The molecular formula is C14H16BrN3O. The second-order valence-electron chi connectivity index (χ2n) is 4.30. The van der Waals surface area contributed by atoms with Crippen molar-refractivity contribution in [2.45, 2.75) is 26.7 Å². The molecule has 5 heteroatoms. The van der Waals surface area contributed by atoms with E-state index in [-0.39, 0.29) is 0 Å². The van der Waals surface area contributed by atoms with E-state index in [0.717, 1.165) is 34.2 Å². The van der Waals surface area contributed by atoms with Crippen LogP contribution in [0.15, 0.2) is 29.0 Å². The monoisotopic (exact) mass is 321 g/mol. The third kappa shape index (κ3) is 3.23. The van der Waals surface area contributed by atoms with Gasteiger partial charge in [-0.1, -0.05) is 29.3 Å². The van der Waals surface area contributed by atoms with Crippen LogP contribution in [-0.4, -0.2) is 9.97 Å². The number of aromatic nitrogens is 2. The van der Waals surface area contributed by atoms with E-state index < -0.39 is 0 Å². The molecule has 19 heavy (non-hydrogen) atoms. The molecule has 0 aliphatic heterocycles. The van der Waals surface area contributed by atoms with Crippen molar-refractivity contribution in [1.29, 1.82) is 0 Å². The standard InChI is InChI=1S/C14H16BrN3O/c1-3-4-11-13(16)17-8-18-14(11)19-12-6-5-10(15)7-9(12)2/h5-8H,3-4H2,1-2H3,(H2,16,17,18). The number of benzene rings is 1. The van der Waals surface area contributed by atoms with Gasteiger partial charge in [0.2, 0.25) is 5.88 Å². The molecule has 0 radical (unpaired) electrons.